The Labute approximate surface area is 143 Å². The van der Waals surface area contributed by atoms with Crippen LogP contribution in [-0.4, -0.2) is 27.1 Å². The van der Waals surface area contributed by atoms with Gasteiger partial charge in [-0.15, -0.1) is 11.3 Å². The van der Waals surface area contributed by atoms with E-state index in [0.717, 1.165) is 34.1 Å². The topological polar surface area (TPSA) is 55.1 Å². The molecule has 0 aliphatic rings. The average Bonchev–Trinajstić information content (AvgIpc) is 3.21. The molecule has 0 spiro atoms. The van der Waals surface area contributed by atoms with E-state index in [-0.39, 0.29) is 0 Å². The summed E-state index contributed by atoms with van der Waals surface area (Å²) >= 11 is 1.73. The first-order chi connectivity index (χ1) is 11.8. The summed E-state index contributed by atoms with van der Waals surface area (Å²) in [5.41, 5.74) is 2.83. The minimum Gasteiger partial charge on any atom is -0.359 e. The molecule has 120 valence electrons. The van der Waals surface area contributed by atoms with E-state index in [4.69, 9.17) is 4.52 Å². The van der Waals surface area contributed by atoms with Gasteiger partial charge in [0.15, 0.2) is 5.76 Å². The van der Waals surface area contributed by atoms with Crippen LogP contribution in [0.5, 0.6) is 0 Å². The number of benzene rings is 1. The highest BCUT2D eigenvalue weighted by atomic mass is 32.1. The number of rotatable bonds is 5. The van der Waals surface area contributed by atoms with E-state index in [1.165, 1.54) is 4.70 Å². The molecule has 0 atom stereocenters. The first-order valence-electron chi connectivity index (χ1n) is 7.67. The molecule has 3 aromatic heterocycles. The Morgan fingerprint density at radius 2 is 2.04 bits per heavy atom. The third kappa shape index (κ3) is 3.20. The second kappa shape index (κ2) is 6.51. The predicted octanol–water partition coefficient (Wildman–Crippen LogP) is 3.98. The maximum absolute atomic E-state index is 5.45. The second-order valence-corrected chi connectivity index (χ2v) is 6.78. The Hall–Kier alpha value is -2.57. The molecule has 6 heteroatoms. The maximum atomic E-state index is 5.45. The number of aromatic nitrogens is 3. The predicted molar refractivity (Wildman–Crippen MR) is 94.5 cm³/mol. The number of thiazole rings is 1. The number of hydrogen-bond donors (Lipinski definition) is 0. The van der Waals surface area contributed by atoms with E-state index in [0.29, 0.717) is 6.54 Å². The van der Waals surface area contributed by atoms with Crippen LogP contribution >= 0.6 is 11.3 Å². The van der Waals surface area contributed by atoms with Crippen molar-refractivity contribution < 1.29 is 4.52 Å². The lowest BCUT2D eigenvalue weighted by atomic mass is 10.2. The molecule has 0 amide bonds. The van der Waals surface area contributed by atoms with Gasteiger partial charge in [0.05, 0.1) is 23.3 Å². The van der Waals surface area contributed by atoms with E-state index in [9.17, 15) is 0 Å². The van der Waals surface area contributed by atoms with Crippen molar-refractivity contribution in [3.8, 4) is 11.3 Å². The van der Waals surface area contributed by atoms with Gasteiger partial charge in [-0.3, -0.25) is 9.88 Å². The zero-order valence-corrected chi connectivity index (χ0v) is 14.0. The first kappa shape index (κ1) is 15.0. The van der Waals surface area contributed by atoms with Gasteiger partial charge >= 0.3 is 0 Å². The summed E-state index contributed by atoms with van der Waals surface area (Å²) in [7, 11) is 2.05. The molecule has 0 N–H and O–H groups in total. The zero-order chi connectivity index (χ0) is 16.4. The molecule has 0 saturated heterocycles. The molecule has 0 bridgehead atoms. The van der Waals surface area contributed by atoms with Gasteiger partial charge in [0.25, 0.3) is 0 Å². The van der Waals surface area contributed by atoms with Crippen molar-refractivity contribution in [2.45, 2.75) is 13.1 Å². The highest BCUT2D eigenvalue weighted by Gasteiger charge is 2.11. The molecule has 0 aliphatic heterocycles. The minimum absolute atomic E-state index is 0.684. The van der Waals surface area contributed by atoms with Gasteiger partial charge in [0, 0.05) is 24.0 Å². The molecule has 0 unspecified atom stereocenters. The Kier molecular flexibility index (Phi) is 4.06. The van der Waals surface area contributed by atoms with Crippen molar-refractivity contribution in [2.24, 2.45) is 0 Å². The number of nitrogens with zero attached hydrogens (tertiary/aromatic N) is 4. The van der Waals surface area contributed by atoms with E-state index >= 15 is 0 Å². The molecule has 0 fully saturated rings. The van der Waals surface area contributed by atoms with Crippen LogP contribution < -0.4 is 0 Å². The van der Waals surface area contributed by atoms with Crippen LogP contribution in [0.15, 0.2) is 59.4 Å². The van der Waals surface area contributed by atoms with Crippen molar-refractivity contribution in [3.05, 3.63) is 65.6 Å². The lowest BCUT2D eigenvalue weighted by Crippen LogP contribution is -2.16. The molecular weight excluding hydrogens is 320 g/mol. The Morgan fingerprint density at radius 1 is 1.12 bits per heavy atom. The van der Waals surface area contributed by atoms with Gasteiger partial charge in [-0.05, 0) is 31.3 Å². The molecule has 3 heterocycles. The standard InChI is InChI=1S/C18H16N4OS/c1-22(12-18-20-15-6-2-3-7-17(15)24-18)11-14-9-16(21-23-14)13-5-4-8-19-10-13/h2-10H,11-12H2,1H3. The monoisotopic (exact) mass is 336 g/mol. The zero-order valence-electron chi connectivity index (χ0n) is 13.2. The minimum atomic E-state index is 0.684. The molecule has 0 aliphatic carbocycles. The second-order valence-electron chi connectivity index (χ2n) is 5.67. The summed E-state index contributed by atoms with van der Waals surface area (Å²) in [4.78, 5) is 11.0. The summed E-state index contributed by atoms with van der Waals surface area (Å²) in [6, 6.07) is 14.0. The fraction of sp³-hybridized carbons (Fsp3) is 0.167. The fourth-order valence-electron chi connectivity index (χ4n) is 2.58. The summed E-state index contributed by atoms with van der Waals surface area (Å²) in [6.45, 7) is 1.46. The lowest BCUT2D eigenvalue weighted by molar-refractivity contribution is 0.267. The Morgan fingerprint density at radius 3 is 2.88 bits per heavy atom. The average molecular weight is 336 g/mol. The van der Waals surface area contributed by atoms with Gasteiger partial charge < -0.3 is 4.52 Å². The Balaban J connectivity index is 1.44. The molecule has 0 radical (unpaired) electrons. The smallest absolute Gasteiger partial charge is 0.151 e. The number of para-hydroxylation sites is 1. The third-order valence-corrected chi connectivity index (χ3v) is 4.71. The normalized spacial score (nSPS) is 11.4. The van der Waals surface area contributed by atoms with Gasteiger partial charge in [-0.2, -0.15) is 0 Å². The van der Waals surface area contributed by atoms with Gasteiger partial charge in [-0.1, -0.05) is 17.3 Å². The van der Waals surface area contributed by atoms with Crippen LogP contribution in [0.25, 0.3) is 21.5 Å². The SMILES string of the molecule is CN(Cc1cc(-c2cccnc2)no1)Cc1nc2ccccc2s1. The molecule has 0 saturated carbocycles. The largest absolute Gasteiger partial charge is 0.359 e. The molecule has 24 heavy (non-hydrogen) atoms. The summed E-state index contributed by atoms with van der Waals surface area (Å²) in [5, 5.41) is 5.23. The molecule has 4 rings (SSSR count). The van der Waals surface area contributed by atoms with E-state index in [1.807, 2.05) is 36.4 Å². The Bertz CT molecular complexity index is 915. The quantitative estimate of drug-likeness (QED) is 0.552. The van der Waals surface area contributed by atoms with Crippen LogP contribution in [0.2, 0.25) is 0 Å². The van der Waals surface area contributed by atoms with Gasteiger partial charge in [0.2, 0.25) is 0 Å². The van der Waals surface area contributed by atoms with Crippen LogP contribution in [0.4, 0.5) is 0 Å². The van der Waals surface area contributed by atoms with Crippen LogP contribution in [-0.2, 0) is 13.1 Å². The molecule has 5 nitrogen and oxygen atoms in total. The first-order valence-corrected chi connectivity index (χ1v) is 8.48. The van der Waals surface area contributed by atoms with E-state index in [2.05, 4.69) is 33.1 Å². The third-order valence-electron chi connectivity index (χ3n) is 3.69. The van der Waals surface area contributed by atoms with E-state index in [1.54, 1.807) is 23.7 Å². The molecule has 4 aromatic rings. The van der Waals surface area contributed by atoms with Crippen molar-refractivity contribution in [2.75, 3.05) is 7.05 Å². The number of hydrogen-bond acceptors (Lipinski definition) is 6. The number of fused-ring (bicyclic) bond motifs is 1. The van der Waals surface area contributed by atoms with Crippen LogP contribution in [0.3, 0.4) is 0 Å². The molecular formula is C18H16N4OS. The van der Waals surface area contributed by atoms with Crippen LogP contribution in [0.1, 0.15) is 10.8 Å². The number of pyridine rings is 1. The van der Waals surface area contributed by atoms with Crippen molar-refractivity contribution >= 4 is 21.6 Å². The van der Waals surface area contributed by atoms with Gasteiger partial charge in [0.1, 0.15) is 10.7 Å². The van der Waals surface area contributed by atoms with Gasteiger partial charge in [-0.25, -0.2) is 4.98 Å². The fourth-order valence-corrected chi connectivity index (χ4v) is 3.63. The van der Waals surface area contributed by atoms with Crippen molar-refractivity contribution in [1.82, 2.24) is 20.0 Å². The highest BCUT2D eigenvalue weighted by molar-refractivity contribution is 7.18. The maximum Gasteiger partial charge on any atom is 0.151 e. The summed E-state index contributed by atoms with van der Waals surface area (Å²) in [6.07, 6.45) is 3.53. The molecule has 1 aromatic carbocycles. The van der Waals surface area contributed by atoms with E-state index < -0.39 is 0 Å². The van der Waals surface area contributed by atoms with Crippen molar-refractivity contribution in [1.29, 1.82) is 0 Å². The van der Waals surface area contributed by atoms with Crippen molar-refractivity contribution in [3.63, 3.8) is 0 Å². The summed E-state index contributed by atoms with van der Waals surface area (Å²) in [5.74, 6) is 0.831. The highest BCUT2D eigenvalue weighted by Crippen LogP contribution is 2.23. The summed E-state index contributed by atoms with van der Waals surface area (Å²) < 4.78 is 6.67. The van der Waals surface area contributed by atoms with Crippen LogP contribution in [0, 0.1) is 0 Å². The lowest BCUT2D eigenvalue weighted by Gasteiger charge is -2.12.